The van der Waals surface area contributed by atoms with Gasteiger partial charge in [-0.05, 0) is 41.0 Å². The van der Waals surface area contributed by atoms with Gasteiger partial charge in [-0.25, -0.2) is 0 Å². The lowest BCUT2D eigenvalue weighted by Crippen LogP contribution is -2.67. The third-order valence-corrected chi connectivity index (χ3v) is 11.1. The molecule has 8 rings (SSSR count). The first kappa shape index (κ1) is 45.9. The molecule has 0 radical (unpaired) electrons. The van der Waals surface area contributed by atoms with Gasteiger partial charge in [0.1, 0.15) is 48.1 Å². The van der Waals surface area contributed by atoms with E-state index in [4.69, 9.17) is 56.8 Å². The van der Waals surface area contributed by atoms with Crippen LogP contribution < -0.4 is 9.47 Å². The summed E-state index contributed by atoms with van der Waals surface area (Å²) in [5, 5.41) is 0. The number of carbonyl (C=O) groups is 2. The van der Waals surface area contributed by atoms with Gasteiger partial charge in [0.25, 0.3) is 0 Å². The van der Waals surface area contributed by atoms with Gasteiger partial charge in [-0.2, -0.15) is 0 Å². The molecular formula is C51H54O14. The predicted octanol–water partition coefficient (Wildman–Crippen LogP) is 7.27. The fraction of sp³-hybridized carbons (Fsp3) is 0.373. The van der Waals surface area contributed by atoms with Crippen LogP contribution in [0.25, 0.3) is 0 Å². The van der Waals surface area contributed by atoms with Gasteiger partial charge in [-0.1, -0.05) is 121 Å². The topological polar surface area (TPSA) is 145 Å². The van der Waals surface area contributed by atoms with Crippen LogP contribution in [-0.4, -0.2) is 93.7 Å². The second kappa shape index (κ2) is 22.5. The highest BCUT2D eigenvalue weighted by atomic mass is 16.8. The van der Waals surface area contributed by atoms with Crippen LogP contribution in [-0.2, 0) is 76.8 Å². The van der Waals surface area contributed by atoms with Crippen molar-refractivity contribution >= 4 is 11.9 Å². The molecule has 0 unspecified atom stereocenters. The number of fused-ring (bicyclic) bond motifs is 1. The number of benzene rings is 5. The van der Waals surface area contributed by atoms with E-state index in [1.807, 2.05) is 121 Å². The zero-order valence-corrected chi connectivity index (χ0v) is 36.5. The van der Waals surface area contributed by atoms with Crippen molar-refractivity contribution in [2.45, 2.75) is 101 Å². The number of carbonyl (C=O) groups excluding carboxylic acids is 2. The molecule has 342 valence electrons. The number of esters is 2. The zero-order valence-electron chi connectivity index (χ0n) is 36.5. The Labute approximate surface area is 378 Å². The summed E-state index contributed by atoms with van der Waals surface area (Å²) in [6.45, 7) is 3.13. The summed E-state index contributed by atoms with van der Waals surface area (Å²) in [5.41, 5.74) is 3.48. The van der Waals surface area contributed by atoms with Crippen LogP contribution in [0.5, 0.6) is 11.5 Å². The van der Waals surface area contributed by atoms with Crippen LogP contribution in [0.2, 0.25) is 0 Å². The molecule has 5 aromatic carbocycles. The van der Waals surface area contributed by atoms with Gasteiger partial charge in [0.2, 0.25) is 6.29 Å². The van der Waals surface area contributed by atoms with E-state index in [1.54, 1.807) is 31.4 Å². The monoisotopic (exact) mass is 890 g/mol. The molecule has 3 heterocycles. The first-order valence-corrected chi connectivity index (χ1v) is 21.7. The Morgan fingerprint density at radius 3 is 1.68 bits per heavy atom. The molecule has 0 N–H and O–H groups in total. The quantitative estimate of drug-likeness (QED) is 0.0813. The van der Waals surface area contributed by atoms with Crippen molar-refractivity contribution in [3.63, 3.8) is 0 Å². The van der Waals surface area contributed by atoms with E-state index in [1.165, 1.54) is 13.8 Å². The molecule has 0 aliphatic carbocycles. The Hall–Kier alpha value is -5.68. The molecule has 0 saturated carbocycles. The fourth-order valence-corrected chi connectivity index (χ4v) is 8.06. The van der Waals surface area contributed by atoms with E-state index in [0.29, 0.717) is 11.5 Å². The van der Waals surface area contributed by atoms with Crippen LogP contribution >= 0.6 is 0 Å². The van der Waals surface area contributed by atoms with Gasteiger partial charge in [0.15, 0.2) is 24.8 Å². The molecule has 65 heavy (non-hydrogen) atoms. The zero-order chi connectivity index (χ0) is 45.0. The Bertz CT molecular complexity index is 2210. The second-order valence-corrected chi connectivity index (χ2v) is 15.8. The van der Waals surface area contributed by atoms with Crippen molar-refractivity contribution in [2.24, 2.45) is 0 Å². The third-order valence-electron chi connectivity index (χ3n) is 11.1. The van der Waals surface area contributed by atoms with E-state index in [-0.39, 0.29) is 33.0 Å². The van der Waals surface area contributed by atoms with Gasteiger partial charge in [0.05, 0.1) is 40.1 Å². The highest BCUT2D eigenvalue weighted by Gasteiger charge is 2.57. The first-order valence-electron chi connectivity index (χ1n) is 21.7. The van der Waals surface area contributed by atoms with Crippen molar-refractivity contribution in [1.82, 2.24) is 0 Å². The molecule has 3 saturated heterocycles. The maximum atomic E-state index is 13.0. The van der Waals surface area contributed by atoms with Crippen LogP contribution in [0.3, 0.4) is 0 Å². The van der Waals surface area contributed by atoms with Crippen molar-refractivity contribution in [3.05, 3.63) is 168 Å². The molecule has 3 aliphatic rings. The Morgan fingerprint density at radius 1 is 0.554 bits per heavy atom. The lowest BCUT2D eigenvalue weighted by Gasteiger charge is -2.51. The highest BCUT2D eigenvalue weighted by molar-refractivity contribution is 5.67. The molecule has 14 nitrogen and oxygen atoms in total. The Kier molecular flexibility index (Phi) is 15.9. The van der Waals surface area contributed by atoms with Crippen LogP contribution in [0, 0.1) is 0 Å². The third kappa shape index (κ3) is 12.2. The van der Waals surface area contributed by atoms with Crippen molar-refractivity contribution in [2.75, 3.05) is 20.3 Å². The van der Waals surface area contributed by atoms with Crippen LogP contribution in [0.4, 0.5) is 0 Å². The minimum absolute atomic E-state index is 0.00596. The lowest BCUT2D eigenvalue weighted by atomic mass is 9.95. The number of hydrogen-bond acceptors (Lipinski definition) is 14. The van der Waals surface area contributed by atoms with Gasteiger partial charge < -0.3 is 56.8 Å². The molecule has 0 bridgehead atoms. The normalized spacial score (nSPS) is 27.5. The lowest BCUT2D eigenvalue weighted by molar-refractivity contribution is -0.387. The van der Waals surface area contributed by atoms with E-state index >= 15 is 0 Å². The second-order valence-electron chi connectivity index (χ2n) is 15.8. The maximum absolute atomic E-state index is 13.0. The standard InChI is InChI=1S/C51H54O14/c1-33(52)59-46-44-42(32-58-49(64-44)38-22-14-7-15-23-38)63-51(48(46)60-34(2)53)65-43-41(31-55-28-35-16-8-4-9-17-35)62-50(61-40-26-24-39(54-3)25-27-40)47(57-30-37-20-12-6-13-21-37)45(43)56-29-36-18-10-5-11-19-36/h4-27,41-51H,28-32H2,1-3H3/t41-,42-,43-,44+,45+,46+,47-,48-,49+,50-,51+/m1/s1. The maximum Gasteiger partial charge on any atom is 0.303 e. The minimum atomic E-state index is -1.37. The summed E-state index contributed by atoms with van der Waals surface area (Å²) in [6, 6.07) is 45.6. The van der Waals surface area contributed by atoms with Crippen molar-refractivity contribution < 1.29 is 66.4 Å². The number of ether oxygens (including phenoxy) is 12. The van der Waals surface area contributed by atoms with Crippen molar-refractivity contribution in [3.8, 4) is 11.5 Å². The van der Waals surface area contributed by atoms with E-state index < -0.39 is 79.6 Å². The number of methoxy groups -OCH3 is 1. The molecule has 14 heteroatoms. The van der Waals surface area contributed by atoms with E-state index in [2.05, 4.69) is 0 Å². The Balaban J connectivity index is 1.17. The van der Waals surface area contributed by atoms with Gasteiger partial charge in [-0.15, -0.1) is 0 Å². The molecular weight excluding hydrogens is 837 g/mol. The number of hydrogen-bond donors (Lipinski definition) is 0. The fourth-order valence-electron chi connectivity index (χ4n) is 8.06. The molecule has 3 fully saturated rings. The minimum Gasteiger partial charge on any atom is -0.497 e. The van der Waals surface area contributed by atoms with E-state index in [0.717, 1.165) is 22.3 Å². The van der Waals surface area contributed by atoms with Gasteiger partial charge >= 0.3 is 11.9 Å². The summed E-state index contributed by atoms with van der Waals surface area (Å²) >= 11 is 0. The largest absolute Gasteiger partial charge is 0.497 e. The van der Waals surface area contributed by atoms with Gasteiger partial charge in [0, 0.05) is 19.4 Å². The molecule has 0 aromatic heterocycles. The average Bonchev–Trinajstić information content (AvgIpc) is 3.33. The first-order chi connectivity index (χ1) is 31.8. The molecule has 3 aliphatic heterocycles. The smallest absolute Gasteiger partial charge is 0.303 e. The summed E-state index contributed by atoms with van der Waals surface area (Å²) in [7, 11) is 1.59. The summed E-state index contributed by atoms with van der Waals surface area (Å²) in [5.74, 6) is -0.146. The van der Waals surface area contributed by atoms with Crippen molar-refractivity contribution in [1.29, 1.82) is 0 Å². The molecule has 11 atom stereocenters. The van der Waals surface area contributed by atoms with E-state index in [9.17, 15) is 9.59 Å². The van der Waals surface area contributed by atoms with Crippen LogP contribution in [0.1, 0.15) is 42.4 Å². The molecule has 0 amide bonds. The highest BCUT2D eigenvalue weighted by Crippen LogP contribution is 2.40. The SMILES string of the molecule is COc1ccc(O[C@@H]2O[C@H](COCc3ccccc3)[C@@H](O[C@@H]3O[C@@H]4CO[C@H](c5ccccc5)O[C@@H]4[C@H](OC(C)=O)[C@H]3OC(C)=O)[C@H](OCc3ccccc3)[C@H]2OCc2ccccc2)cc1. The molecule has 0 spiro atoms. The summed E-state index contributed by atoms with van der Waals surface area (Å²) in [4.78, 5) is 25.8. The average molecular weight is 891 g/mol. The Morgan fingerprint density at radius 2 is 1.09 bits per heavy atom. The molecule has 5 aromatic rings. The van der Waals surface area contributed by atoms with Gasteiger partial charge in [-0.3, -0.25) is 9.59 Å². The van der Waals surface area contributed by atoms with Crippen LogP contribution in [0.15, 0.2) is 146 Å². The number of rotatable bonds is 18. The summed E-state index contributed by atoms with van der Waals surface area (Å²) in [6.07, 6.45) is -11.3. The summed E-state index contributed by atoms with van der Waals surface area (Å²) < 4.78 is 77.3. The predicted molar refractivity (Wildman–Crippen MR) is 233 cm³/mol.